The molecule has 0 atom stereocenters. The first-order chi connectivity index (χ1) is 10.1. The van der Waals surface area contributed by atoms with Crippen molar-refractivity contribution in [3.63, 3.8) is 0 Å². The van der Waals surface area contributed by atoms with Gasteiger partial charge in [-0.15, -0.1) is 0 Å². The van der Waals surface area contributed by atoms with Gasteiger partial charge in [-0.3, -0.25) is 4.98 Å². The van der Waals surface area contributed by atoms with Crippen molar-refractivity contribution < 1.29 is 8.42 Å². The van der Waals surface area contributed by atoms with Gasteiger partial charge in [-0.25, -0.2) is 4.83 Å². The Bertz CT molecular complexity index is 736. The molecule has 0 spiro atoms. The maximum absolute atomic E-state index is 11.9. The molecule has 0 aliphatic heterocycles. The van der Waals surface area contributed by atoms with E-state index in [9.17, 15) is 8.42 Å². The van der Waals surface area contributed by atoms with E-state index in [2.05, 4.69) is 14.9 Å². The van der Waals surface area contributed by atoms with Crippen LogP contribution in [0, 0.1) is 6.92 Å². The van der Waals surface area contributed by atoms with E-state index in [1.54, 1.807) is 48.8 Å². The molecule has 0 aliphatic rings. The van der Waals surface area contributed by atoms with Crippen molar-refractivity contribution in [3.05, 3.63) is 66.0 Å². The molecule has 1 aromatic heterocycles. The molecule has 108 valence electrons. The quantitative estimate of drug-likeness (QED) is 0.680. The molecule has 0 bridgehead atoms. The fraction of sp³-hybridized carbons (Fsp3) is 0.0667. The maximum Gasteiger partial charge on any atom is 0.276 e. The Balaban J connectivity index is 1.97. The number of benzene rings is 1. The average Bonchev–Trinajstić information content (AvgIpc) is 2.48. The molecule has 5 nitrogen and oxygen atoms in total. The Labute approximate surface area is 124 Å². The summed E-state index contributed by atoms with van der Waals surface area (Å²) >= 11 is 0. The van der Waals surface area contributed by atoms with Crippen LogP contribution in [0.25, 0.3) is 6.08 Å². The fourth-order valence-electron chi connectivity index (χ4n) is 1.54. The SMILES string of the molecule is Cc1ccc(S(=O)(=O)NN=CC=Cc2cccnc2)cc1. The Morgan fingerprint density at radius 2 is 1.95 bits per heavy atom. The van der Waals surface area contributed by atoms with Crippen molar-refractivity contribution in [3.8, 4) is 0 Å². The number of hydrogen-bond donors (Lipinski definition) is 1. The van der Waals surface area contributed by atoms with Crippen LogP contribution in [0.4, 0.5) is 0 Å². The lowest BCUT2D eigenvalue weighted by Gasteiger charge is -2.02. The lowest BCUT2D eigenvalue weighted by molar-refractivity contribution is 0.584. The van der Waals surface area contributed by atoms with E-state index in [1.807, 2.05) is 19.1 Å². The normalized spacial score (nSPS) is 12.0. The van der Waals surface area contributed by atoms with Crippen LogP contribution in [-0.2, 0) is 10.0 Å². The van der Waals surface area contributed by atoms with Crippen LogP contribution in [0.1, 0.15) is 11.1 Å². The monoisotopic (exact) mass is 301 g/mol. The summed E-state index contributed by atoms with van der Waals surface area (Å²) in [4.78, 5) is 6.30. The number of rotatable bonds is 5. The Morgan fingerprint density at radius 1 is 1.19 bits per heavy atom. The molecule has 1 aromatic carbocycles. The minimum Gasteiger partial charge on any atom is -0.264 e. The Hall–Kier alpha value is -2.47. The van der Waals surface area contributed by atoms with E-state index in [0.29, 0.717) is 0 Å². The van der Waals surface area contributed by atoms with Crippen molar-refractivity contribution >= 4 is 22.3 Å². The van der Waals surface area contributed by atoms with Gasteiger partial charge in [0, 0.05) is 18.6 Å². The van der Waals surface area contributed by atoms with Crippen molar-refractivity contribution in [2.75, 3.05) is 0 Å². The molecule has 2 aromatic rings. The summed E-state index contributed by atoms with van der Waals surface area (Å²) in [5.74, 6) is 0. The zero-order valence-corrected chi connectivity index (χ0v) is 12.3. The molecule has 0 aliphatic carbocycles. The lowest BCUT2D eigenvalue weighted by Crippen LogP contribution is -2.17. The van der Waals surface area contributed by atoms with Gasteiger partial charge in [0.05, 0.1) is 4.90 Å². The van der Waals surface area contributed by atoms with Gasteiger partial charge in [0.1, 0.15) is 0 Å². The van der Waals surface area contributed by atoms with Gasteiger partial charge in [-0.1, -0.05) is 29.8 Å². The van der Waals surface area contributed by atoms with Crippen LogP contribution >= 0.6 is 0 Å². The molecule has 21 heavy (non-hydrogen) atoms. The minimum atomic E-state index is -3.62. The van der Waals surface area contributed by atoms with E-state index in [4.69, 9.17) is 0 Å². The summed E-state index contributed by atoms with van der Waals surface area (Å²) < 4.78 is 23.8. The summed E-state index contributed by atoms with van der Waals surface area (Å²) in [7, 11) is -3.62. The summed E-state index contributed by atoms with van der Waals surface area (Å²) in [6.07, 6.45) is 8.16. The highest BCUT2D eigenvalue weighted by atomic mass is 32.2. The molecule has 0 amide bonds. The van der Waals surface area contributed by atoms with Gasteiger partial charge in [0.2, 0.25) is 0 Å². The van der Waals surface area contributed by atoms with Gasteiger partial charge < -0.3 is 0 Å². The van der Waals surface area contributed by atoms with E-state index in [0.717, 1.165) is 11.1 Å². The minimum absolute atomic E-state index is 0.182. The number of hydrogen-bond acceptors (Lipinski definition) is 4. The summed E-state index contributed by atoms with van der Waals surface area (Å²) in [5, 5.41) is 3.69. The van der Waals surface area contributed by atoms with E-state index >= 15 is 0 Å². The number of nitrogens with one attached hydrogen (secondary N) is 1. The average molecular weight is 301 g/mol. The fourth-order valence-corrected chi connectivity index (χ4v) is 2.34. The van der Waals surface area contributed by atoms with E-state index in [1.165, 1.54) is 6.21 Å². The summed E-state index contributed by atoms with van der Waals surface area (Å²) in [6, 6.07) is 10.3. The molecule has 1 N–H and O–H groups in total. The highest BCUT2D eigenvalue weighted by molar-refractivity contribution is 7.89. The number of hydrazone groups is 1. The molecule has 6 heteroatoms. The number of nitrogens with zero attached hydrogens (tertiary/aromatic N) is 2. The molecular weight excluding hydrogens is 286 g/mol. The van der Waals surface area contributed by atoms with Gasteiger partial charge in [-0.2, -0.15) is 13.5 Å². The van der Waals surface area contributed by atoms with Crippen LogP contribution in [0.15, 0.2) is 64.9 Å². The second-order valence-corrected chi connectivity index (χ2v) is 5.99. The number of aromatic nitrogens is 1. The molecule has 0 saturated heterocycles. The third kappa shape index (κ3) is 4.54. The van der Waals surface area contributed by atoms with Crippen LogP contribution in [0.2, 0.25) is 0 Å². The Morgan fingerprint density at radius 3 is 2.62 bits per heavy atom. The molecule has 0 saturated carbocycles. The molecule has 0 fully saturated rings. The van der Waals surface area contributed by atoms with E-state index in [-0.39, 0.29) is 4.90 Å². The standard InChI is InChI=1S/C15H15N3O2S/c1-13-6-8-15(9-7-13)21(19,20)18-17-11-3-5-14-4-2-10-16-12-14/h2-12,18H,1H3. The third-order valence-corrected chi connectivity index (χ3v) is 3.88. The molecule has 1 heterocycles. The van der Waals surface area contributed by atoms with Gasteiger partial charge in [-0.05, 0) is 36.8 Å². The van der Waals surface area contributed by atoms with Crippen LogP contribution < -0.4 is 4.83 Å². The number of pyridine rings is 1. The highest BCUT2D eigenvalue weighted by Crippen LogP contribution is 2.09. The lowest BCUT2D eigenvalue weighted by atomic mass is 10.2. The zero-order valence-electron chi connectivity index (χ0n) is 11.5. The van der Waals surface area contributed by atoms with Gasteiger partial charge in [0.25, 0.3) is 10.0 Å². The van der Waals surface area contributed by atoms with Gasteiger partial charge >= 0.3 is 0 Å². The largest absolute Gasteiger partial charge is 0.276 e. The van der Waals surface area contributed by atoms with Crippen LogP contribution in [0.3, 0.4) is 0 Å². The van der Waals surface area contributed by atoms with Crippen molar-refractivity contribution in [1.29, 1.82) is 0 Å². The zero-order chi connectivity index (χ0) is 15.1. The predicted octanol–water partition coefficient (Wildman–Crippen LogP) is 2.37. The van der Waals surface area contributed by atoms with Crippen molar-refractivity contribution in [2.45, 2.75) is 11.8 Å². The van der Waals surface area contributed by atoms with Crippen molar-refractivity contribution in [1.82, 2.24) is 9.82 Å². The number of allylic oxidation sites excluding steroid dienone is 1. The molecule has 0 radical (unpaired) electrons. The first-order valence-electron chi connectivity index (χ1n) is 6.26. The first kappa shape index (κ1) is 14.9. The topological polar surface area (TPSA) is 71.4 Å². The third-order valence-electron chi connectivity index (χ3n) is 2.64. The molecule has 0 unspecified atom stereocenters. The van der Waals surface area contributed by atoms with Gasteiger partial charge in [0.15, 0.2) is 0 Å². The second-order valence-electron chi connectivity index (χ2n) is 4.33. The first-order valence-corrected chi connectivity index (χ1v) is 7.74. The van der Waals surface area contributed by atoms with Crippen LogP contribution in [-0.4, -0.2) is 19.6 Å². The maximum atomic E-state index is 11.9. The van der Waals surface area contributed by atoms with Crippen molar-refractivity contribution in [2.24, 2.45) is 5.10 Å². The number of sulfonamides is 1. The molecular formula is C15H15N3O2S. The van der Waals surface area contributed by atoms with Crippen LogP contribution in [0.5, 0.6) is 0 Å². The second kappa shape index (κ2) is 6.81. The highest BCUT2D eigenvalue weighted by Gasteiger charge is 2.11. The summed E-state index contributed by atoms with van der Waals surface area (Å²) in [6.45, 7) is 1.89. The molecule has 2 rings (SSSR count). The van der Waals surface area contributed by atoms with E-state index < -0.39 is 10.0 Å². The number of aryl methyl sites for hydroxylation is 1. The smallest absolute Gasteiger partial charge is 0.264 e. The predicted molar refractivity (Wildman–Crippen MR) is 83.3 cm³/mol. The summed E-state index contributed by atoms with van der Waals surface area (Å²) in [5.41, 5.74) is 1.90. The Kier molecular flexibility index (Phi) is 4.84.